The molecule has 1 amide bonds. The number of hydrogen-bond donors (Lipinski definition) is 2. The fraction of sp³-hybridized carbons (Fsp3) is 0.208. The second kappa shape index (κ2) is 11.1. The van der Waals surface area contributed by atoms with E-state index in [0.717, 1.165) is 23.5 Å². The maximum Gasteiger partial charge on any atom is 0.416 e. The van der Waals surface area contributed by atoms with E-state index in [1.807, 2.05) is 0 Å². The number of aliphatic carboxylic acids is 1. The first kappa shape index (κ1) is 27.2. The van der Waals surface area contributed by atoms with E-state index >= 15 is 0 Å². The molecule has 7 nitrogen and oxygen atoms in total. The highest BCUT2D eigenvalue weighted by atomic mass is 79.9. The Bertz CT molecular complexity index is 1290. The third-order valence-corrected chi connectivity index (χ3v) is 7.23. The van der Waals surface area contributed by atoms with E-state index in [1.54, 1.807) is 24.3 Å². The number of thiophene rings is 1. The predicted molar refractivity (Wildman–Crippen MR) is 129 cm³/mol. The molecule has 3 aromatic rings. The molecule has 1 aromatic heterocycles. The molecule has 36 heavy (non-hydrogen) atoms. The lowest BCUT2D eigenvalue weighted by Gasteiger charge is -2.22. The van der Waals surface area contributed by atoms with Gasteiger partial charge in [-0.1, -0.05) is 30.3 Å². The number of alkyl halides is 3. The van der Waals surface area contributed by atoms with Gasteiger partial charge in [-0.2, -0.15) is 13.2 Å². The maximum atomic E-state index is 12.8. The van der Waals surface area contributed by atoms with E-state index in [1.165, 1.54) is 24.0 Å². The number of carboxylic acids is 2. The maximum absolute atomic E-state index is 12.8. The Morgan fingerprint density at radius 3 is 2.22 bits per heavy atom. The van der Waals surface area contributed by atoms with Gasteiger partial charge < -0.3 is 19.8 Å². The Hall–Kier alpha value is -3.38. The zero-order valence-electron chi connectivity index (χ0n) is 18.6. The van der Waals surface area contributed by atoms with Crippen molar-refractivity contribution in [2.24, 2.45) is 0 Å². The number of hydrogen-bond acceptors (Lipinski definition) is 5. The van der Waals surface area contributed by atoms with Crippen molar-refractivity contribution in [2.45, 2.75) is 26.2 Å². The Kier molecular flexibility index (Phi) is 8.41. The van der Waals surface area contributed by atoms with Crippen LogP contribution in [-0.2, 0) is 28.9 Å². The van der Waals surface area contributed by atoms with Gasteiger partial charge in [-0.3, -0.25) is 4.79 Å². The fourth-order valence-electron chi connectivity index (χ4n) is 3.31. The molecule has 0 radical (unpaired) electrons. The van der Waals surface area contributed by atoms with Gasteiger partial charge in [0.15, 0.2) is 17.2 Å². The van der Waals surface area contributed by atoms with Gasteiger partial charge in [-0.25, -0.2) is 9.59 Å². The van der Waals surface area contributed by atoms with E-state index in [-0.39, 0.29) is 34.1 Å². The lowest BCUT2D eigenvalue weighted by atomic mass is 10.1. The van der Waals surface area contributed by atoms with Gasteiger partial charge in [0.1, 0.15) is 0 Å². The summed E-state index contributed by atoms with van der Waals surface area (Å²) < 4.78 is 43.9. The molecule has 2 N–H and O–H groups in total. The largest absolute Gasteiger partial charge is 0.479 e. The highest BCUT2D eigenvalue weighted by Gasteiger charge is 2.30. The molecule has 12 heteroatoms. The van der Waals surface area contributed by atoms with E-state index in [0.29, 0.717) is 21.6 Å². The summed E-state index contributed by atoms with van der Waals surface area (Å²) in [5.41, 5.74) is 1.05. The molecule has 190 valence electrons. The van der Waals surface area contributed by atoms with E-state index < -0.39 is 30.3 Å². The van der Waals surface area contributed by atoms with Crippen LogP contribution in [0.15, 0.2) is 53.0 Å². The van der Waals surface area contributed by atoms with Crippen LogP contribution in [0.25, 0.3) is 10.4 Å². The zero-order valence-corrected chi connectivity index (χ0v) is 21.0. The minimum Gasteiger partial charge on any atom is -0.479 e. The molecule has 0 spiro atoms. The molecule has 0 fully saturated rings. The average molecular weight is 586 g/mol. The minimum atomic E-state index is -4.45. The number of aromatic carboxylic acids is 1. The van der Waals surface area contributed by atoms with Crippen LogP contribution in [0.1, 0.15) is 33.3 Å². The van der Waals surface area contributed by atoms with Crippen molar-refractivity contribution in [1.29, 1.82) is 0 Å². The number of ether oxygens (including phenoxy) is 1. The molecule has 0 aliphatic carbocycles. The average Bonchev–Trinajstić information content (AvgIpc) is 3.13. The highest BCUT2D eigenvalue weighted by molar-refractivity contribution is 9.10. The third-order valence-electron chi connectivity index (χ3n) is 5.01. The molecule has 0 aliphatic heterocycles. The van der Waals surface area contributed by atoms with Crippen LogP contribution in [0.2, 0.25) is 0 Å². The summed E-state index contributed by atoms with van der Waals surface area (Å²) in [5.74, 6) is -2.91. The lowest BCUT2D eigenvalue weighted by Crippen LogP contribution is -2.27. The number of nitrogens with zero attached hydrogens (tertiary/aromatic N) is 1. The summed E-state index contributed by atoms with van der Waals surface area (Å²) in [5, 5.41) is 18.4. The van der Waals surface area contributed by atoms with Crippen molar-refractivity contribution < 1.29 is 42.5 Å². The van der Waals surface area contributed by atoms with Crippen LogP contribution < -0.4 is 4.74 Å². The summed E-state index contributed by atoms with van der Waals surface area (Å²) >= 11 is 4.21. The van der Waals surface area contributed by atoms with Gasteiger partial charge in [0.2, 0.25) is 5.91 Å². The Balaban J connectivity index is 1.86. The minimum absolute atomic E-state index is 0.0940. The first-order chi connectivity index (χ1) is 16.9. The summed E-state index contributed by atoms with van der Waals surface area (Å²) in [6.07, 6.45) is -4.45. The summed E-state index contributed by atoms with van der Waals surface area (Å²) in [7, 11) is 0. The van der Waals surface area contributed by atoms with Crippen molar-refractivity contribution in [1.82, 2.24) is 4.90 Å². The molecular formula is C24H19BrF3NO6S. The fourth-order valence-corrected chi connectivity index (χ4v) is 5.20. The van der Waals surface area contributed by atoms with E-state index in [9.17, 15) is 32.7 Å². The monoisotopic (exact) mass is 585 g/mol. The van der Waals surface area contributed by atoms with E-state index in [4.69, 9.17) is 9.84 Å². The number of halogens is 4. The number of benzene rings is 2. The molecule has 2 aromatic carbocycles. The van der Waals surface area contributed by atoms with Crippen LogP contribution in [0, 0.1) is 0 Å². The molecule has 0 bridgehead atoms. The number of carbonyl (C=O) groups is 3. The molecule has 0 saturated carbocycles. The topological polar surface area (TPSA) is 104 Å². The number of amides is 1. The predicted octanol–water partition coefficient (Wildman–Crippen LogP) is 5.91. The third kappa shape index (κ3) is 6.64. The second-order valence-corrected chi connectivity index (χ2v) is 9.47. The lowest BCUT2D eigenvalue weighted by molar-refractivity contribution is -0.139. The standard InChI is InChI=1S/C24H19BrF3NO6S/c1-13(30)29(10-14-5-7-17(8-6-14)24(26,27)28)11-15-3-2-4-16(9-15)21-19(25)20(35-12-18(31)32)22(36-21)23(33)34/h2-9H,10-12H2,1H3,(H,31,32)(H,33,34). The first-order valence-electron chi connectivity index (χ1n) is 10.3. The number of carbonyl (C=O) groups excluding carboxylic acids is 1. The van der Waals surface area contributed by atoms with Crippen molar-refractivity contribution in [2.75, 3.05) is 6.61 Å². The van der Waals surface area contributed by atoms with Crippen molar-refractivity contribution >= 4 is 45.1 Å². The second-order valence-electron chi connectivity index (χ2n) is 7.66. The van der Waals surface area contributed by atoms with E-state index in [2.05, 4.69) is 15.9 Å². The molecule has 0 aliphatic rings. The van der Waals surface area contributed by atoms with Crippen LogP contribution in [0.4, 0.5) is 13.2 Å². The van der Waals surface area contributed by atoms with Gasteiger partial charge in [-0.05, 0) is 50.8 Å². The van der Waals surface area contributed by atoms with Crippen LogP contribution >= 0.6 is 27.3 Å². The smallest absolute Gasteiger partial charge is 0.416 e. The van der Waals surface area contributed by atoms with Gasteiger partial charge in [0.05, 0.1) is 14.9 Å². The van der Waals surface area contributed by atoms with Crippen LogP contribution in [0.5, 0.6) is 5.75 Å². The van der Waals surface area contributed by atoms with Crippen molar-refractivity contribution in [3.63, 3.8) is 0 Å². The molecule has 0 unspecified atom stereocenters. The van der Waals surface area contributed by atoms with Crippen LogP contribution in [0.3, 0.4) is 0 Å². The van der Waals surface area contributed by atoms with Crippen molar-refractivity contribution in [3.8, 4) is 16.2 Å². The zero-order chi connectivity index (χ0) is 26.6. The quantitative estimate of drug-likeness (QED) is 0.323. The molecule has 0 saturated heterocycles. The Labute approximate surface area is 215 Å². The SMILES string of the molecule is CC(=O)N(Cc1ccc(C(F)(F)F)cc1)Cc1cccc(-c2sc(C(=O)O)c(OCC(=O)O)c2Br)c1. The summed E-state index contributed by atoms with van der Waals surface area (Å²) in [6.45, 7) is 0.889. The first-order valence-corrected chi connectivity index (χ1v) is 11.9. The van der Waals surface area contributed by atoms with Gasteiger partial charge >= 0.3 is 18.1 Å². The van der Waals surface area contributed by atoms with Gasteiger partial charge in [0.25, 0.3) is 0 Å². The molecule has 1 heterocycles. The molecular weight excluding hydrogens is 567 g/mol. The summed E-state index contributed by atoms with van der Waals surface area (Å²) in [4.78, 5) is 36.6. The number of rotatable bonds is 9. The highest BCUT2D eigenvalue weighted by Crippen LogP contribution is 2.45. The normalized spacial score (nSPS) is 11.2. The van der Waals surface area contributed by atoms with Gasteiger partial charge in [-0.15, -0.1) is 11.3 Å². The Morgan fingerprint density at radius 1 is 1.03 bits per heavy atom. The van der Waals surface area contributed by atoms with Crippen molar-refractivity contribution in [3.05, 3.63) is 74.6 Å². The van der Waals surface area contributed by atoms with Crippen LogP contribution in [-0.4, -0.2) is 39.6 Å². The molecule has 3 rings (SSSR count). The molecule has 0 atom stereocenters. The number of carboxylic acid groups (broad SMARTS) is 2. The van der Waals surface area contributed by atoms with Gasteiger partial charge in [0, 0.05) is 20.0 Å². The summed E-state index contributed by atoms with van der Waals surface area (Å²) in [6, 6.07) is 11.5. The Morgan fingerprint density at radius 2 is 1.67 bits per heavy atom.